The van der Waals surface area contributed by atoms with Gasteiger partial charge in [-0.1, -0.05) is 15.9 Å². The highest BCUT2D eigenvalue weighted by molar-refractivity contribution is 9.10. The molecule has 104 valence electrons. The van der Waals surface area contributed by atoms with E-state index in [-0.39, 0.29) is 18.0 Å². The molecule has 1 aliphatic heterocycles. The average molecular weight is 326 g/mol. The number of nitrogens with zero attached hydrogens (tertiary/aromatic N) is 1. The number of benzene rings is 1. The molecule has 1 aromatic carbocycles. The van der Waals surface area contributed by atoms with Gasteiger partial charge in [-0.3, -0.25) is 4.79 Å². The van der Waals surface area contributed by atoms with Crippen LogP contribution >= 0.6 is 15.9 Å². The van der Waals surface area contributed by atoms with Crippen LogP contribution in [0.2, 0.25) is 0 Å². The van der Waals surface area contributed by atoms with Crippen molar-refractivity contribution in [3.63, 3.8) is 0 Å². The molecule has 0 radical (unpaired) electrons. The average Bonchev–Trinajstić information content (AvgIpc) is 2.51. The Morgan fingerprint density at radius 1 is 1.53 bits per heavy atom. The van der Waals surface area contributed by atoms with Crippen molar-refractivity contribution in [3.05, 3.63) is 28.2 Å². The maximum Gasteiger partial charge on any atom is 0.244 e. The zero-order chi connectivity index (χ0) is 14.0. The van der Waals surface area contributed by atoms with E-state index in [0.29, 0.717) is 6.54 Å². The van der Waals surface area contributed by atoms with E-state index in [9.17, 15) is 4.79 Å². The molecule has 3 N–H and O–H groups in total. The van der Waals surface area contributed by atoms with Crippen LogP contribution in [-0.2, 0) is 4.79 Å². The second-order valence-electron chi connectivity index (χ2n) is 5.08. The van der Waals surface area contributed by atoms with E-state index in [1.165, 1.54) is 0 Å². The molecule has 1 amide bonds. The number of anilines is 1. The van der Waals surface area contributed by atoms with E-state index in [0.717, 1.165) is 28.7 Å². The molecule has 0 bridgehead atoms. The van der Waals surface area contributed by atoms with Crippen molar-refractivity contribution in [2.24, 2.45) is 5.73 Å². The SMILES string of the molecule is Cc1cc(N2CCC(C)NC(=O)C2CN)ccc1Br. The highest BCUT2D eigenvalue weighted by Gasteiger charge is 2.29. The Morgan fingerprint density at radius 2 is 2.26 bits per heavy atom. The van der Waals surface area contributed by atoms with Crippen LogP contribution in [0.15, 0.2) is 22.7 Å². The standard InChI is InChI=1S/C14H20BrN3O/c1-9-7-11(3-4-12(9)15)18-6-5-10(2)17-14(19)13(18)8-16/h3-4,7,10,13H,5-6,8,16H2,1-2H3,(H,17,19). The first kappa shape index (κ1) is 14.3. The lowest BCUT2D eigenvalue weighted by molar-refractivity contribution is -0.122. The first-order valence-electron chi connectivity index (χ1n) is 6.56. The van der Waals surface area contributed by atoms with Crippen LogP contribution in [0, 0.1) is 6.92 Å². The highest BCUT2D eigenvalue weighted by atomic mass is 79.9. The van der Waals surface area contributed by atoms with Crippen LogP contribution in [0.3, 0.4) is 0 Å². The van der Waals surface area contributed by atoms with Crippen LogP contribution in [0.1, 0.15) is 18.9 Å². The number of nitrogens with one attached hydrogen (secondary N) is 1. The Kier molecular flexibility index (Phi) is 4.47. The lowest BCUT2D eigenvalue weighted by Crippen LogP contribution is -2.49. The molecule has 0 aromatic heterocycles. The molecule has 1 fully saturated rings. The molecule has 2 rings (SSSR count). The third-order valence-electron chi connectivity index (χ3n) is 3.57. The maximum absolute atomic E-state index is 12.1. The molecule has 1 saturated heterocycles. The summed E-state index contributed by atoms with van der Waals surface area (Å²) in [4.78, 5) is 14.3. The molecule has 2 atom stereocenters. The third kappa shape index (κ3) is 3.09. The smallest absolute Gasteiger partial charge is 0.244 e. The number of nitrogens with two attached hydrogens (primary N) is 1. The highest BCUT2D eigenvalue weighted by Crippen LogP contribution is 2.25. The van der Waals surface area contributed by atoms with Gasteiger partial charge < -0.3 is 16.0 Å². The fourth-order valence-electron chi connectivity index (χ4n) is 2.39. The number of halogens is 1. The molecule has 1 heterocycles. The van der Waals surface area contributed by atoms with Gasteiger partial charge in [-0.2, -0.15) is 0 Å². The monoisotopic (exact) mass is 325 g/mol. The number of carbonyl (C=O) groups excluding carboxylic acids is 1. The van der Waals surface area contributed by atoms with Gasteiger partial charge in [0.15, 0.2) is 0 Å². The van der Waals surface area contributed by atoms with Crippen molar-refractivity contribution >= 4 is 27.5 Å². The lowest BCUT2D eigenvalue weighted by Gasteiger charge is -2.29. The molecule has 0 aliphatic carbocycles. The van der Waals surface area contributed by atoms with Crippen molar-refractivity contribution in [1.82, 2.24) is 5.32 Å². The zero-order valence-electron chi connectivity index (χ0n) is 11.3. The Morgan fingerprint density at radius 3 is 2.89 bits per heavy atom. The van der Waals surface area contributed by atoms with E-state index in [2.05, 4.69) is 32.2 Å². The Balaban J connectivity index is 2.33. The molecule has 19 heavy (non-hydrogen) atoms. The minimum atomic E-state index is -0.287. The van der Waals surface area contributed by atoms with Crippen LogP contribution < -0.4 is 16.0 Å². The summed E-state index contributed by atoms with van der Waals surface area (Å²) >= 11 is 3.50. The Labute approximate surface area is 122 Å². The number of rotatable bonds is 2. The first-order chi connectivity index (χ1) is 9.02. The lowest BCUT2D eigenvalue weighted by atomic mass is 10.1. The molecule has 2 unspecified atom stereocenters. The summed E-state index contributed by atoms with van der Waals surface area (Å²) in [6, 6.07) is 6.05. The van der Waals surface area contributed by atoms with Crippen molar-refractivity contribution in [1.29, 1.82) is 0 Å². The quantitative estimate of drug-likeness (QED) is 0.871. The Bertz CT molecular complexity index is 478. The van der Waals surface area contributed by atoms with Crippen LogP contribution in [0.25, 0.3) is 0 Å². The molecule has 0 spiro atoms. The van der Waals surface area contributed by atoms with Gasteiger partial charge in [-0.25, -0.2) is 0 Å². The van der Waals surface area contributed by atoms with Gasteiger partial charge in [-0.15, -0.1) is 0 Å². The fourth-order valence-corrected chi connectivity index (χ4v) is 2.64. The summed E-state index contributed by atoms with van der Waals surface area (Å²) in [5.41, 5.74) is 8.01. The van der Waals surface area contributed by atoms with Crippen molar-refractivity contribution in [2.75, 3.05) is 18.0 Å². The summed E-state index contributed by atoms with van der Waals surface area (Å²) in [7, 11) is 0. The largest absolute Gasteiger partial charge is 0.358 e. The Hall–Kier alpha value is -1.07. The van der Waals surface area contributed by atoms with Crippen LogP contribution in [-0.4, -0.2) is 31.1 Å². The first-order valence-corrected chi connectivity index (χ1v) is 7.35. The van der Waals surface area contributed by atoms with Gasteiger partial charge in [0.25, 0.3) is 0 Å². The summed E-state index contributed by atoms with van der Waals surface area (Å²) in [6.45, 7) is 5.24. The summed E-state index contributed by atoms with van der Waals surface area (Å²) < 4.78 is 1.08. The molecular formula is C14H20BrN3O. The minimum Gasteiger partial charge on any atom is -0.358 e. The molecular weight excluding hydrogens is 306 g/mol. The van der Waals surface area contributed by atoms with Gasteiger partial charge in [0, 0.05) is 29.3 Å². The van der Waals surface area contributed by atoms with Gasteiger partial charge in [-0.05, 0) is 44.0 Å². The second kappa shape index (κ2) is 5.92. The predicted molar refractivity (Wildman–Crippen MR) is 81.3 cm³/mol. The predicted octanol–water partition coefficient (Wildman–Crippen LogP) is 1.80. The maximum atomic E-state index is 12.1. The minimum absolute atomic E-state index is 0.0214. The van der Waals surface area contributed by atoms with E-state index in [4.69, 9.17) is 5.73 Å². The number of amides is 1. The molecule has 1 aromatic rings. The van der Waals surface area contributed by atoms with Crippen molar-refractivity contribution in [2.45, 2.75) is 32.4 Å². The van der Waals surface area contributed by atoms with Crippen LogP contribution in [0.4, 0.5) is 5.69 Å². The molecule has 5 heteroatoms. The van der Waals surface area contributed by atoms with E-state index < -0.39 is 0 Å². The van der Waals surface area contributed by atoms with Gasteiger partial charge in [0.2, 0.25) is 5.91 Å². The number of aryl methyl sites for hydroxylation is 1. The topological polar surface area (TPSA) is 58.4 Å². The number of hydrogen-bond donors (Lipinski definition) is 2. The summed E-state index contributed by atoms with van der Waals surface area (Å²) in [5, 5.41) is 3.00. The molecule has 1 aliphatic rings. The third-order valence-corrected chi connectivity index (χ3v) is 4.46. The zero-order valence-corrected chi connectivity index (χ0v) is 12.9. The van der Waals surface area contributed by atoms with Gasteiger partial charge in [0.1, 0.15) is 6.04 Å². The van der Waals surface area contributed by atoms with E-state index in [1.54, 1.807) is 0 Å². The summed E-state index contributed by atoms with van der Waals surface area (Å²) in [6.07, 6.45) is 0.928. The fraction of sp³-hybridized carbons (Fsp3) is 0.500. The molecule has 0 saturated carbocycles. The number of carbonyl (C=O) groups is 1. The van der Waals surface area contributed by atoms with E-state index in [1.807, 2.05) is 26.0 Å². The number of hydrogen-bond acceptors (Lipinski definition) is 3. The second-order valence-corrected chi connectivity index (χ2v) is 5.93. The van der Waals surface area contributed by atoms with Crippen molar-refractivity contribution in [3.8, 4) is 0 Å². The van der Waals surface area contributed by atoms with E-state index >= 15 is 0 Å². The van der Waals surface area contributed by atoms with Gasteiger partial charge >= 0.3 is 0 Å². The van der Waals surface area contributed by atoms with Gasteiger partial charge in [0.05, 0.1) is 0 Å². The van der Waals surface area contributed by atoms with Crippen molar-refractivity contribution < 1.29 is 4.79 Å². The van der Waals surface area contributed by atoms with Crippen LogP contribution in [0.5, 0.6) is 0 Å². The normalized spacial score (nSPS) is 24.0. The molecule has 4 nitrogen and oxygen atoms in total. The summed E-state index contributed by atoms with van der Waals surface area (Å²) in [5.74, 6) is 0.0214.